The van der Waals surface area contributed by atoms with E-state index in [0.717, 1.165) is 12.8 Å². The molecule has 0 saturated carbocycles. The summed E-state index contributed by atoms with van der Waals surface area (Å²) in [6, 6.07) is 4.79. The van der Waals surface area contributed by atoms with Crippen LogP contribution in [-0.2, 0) is 16.6 Å². The monoisotopic (exact) mass is 375 g/mol. The van der Waals surface area contributed by atoms with Crippen LogP contribution in [0.1, 0.15) is 19.8 Å². The predicted octanol–water partition coefficient (Wildman–Crippen LogP) is 1.41. The minimum atomic E-state index is -3.58. The normalized spacial score (nSPS) is 19.3. The van der Waals surface area contributed by atoms with Crippen LogP contribution in [0, 0.1) is 0 Å². The van der Waals surface area contributed by atoms with Crippen molar-refractivity contribution in [2.75, 3.05) is 20.1 Å². The van der Waals surface area contributed by atoms with Gasteiger partial charge in [0.1, 0.15) is 0 Å². The van der Waals surface area contributed by atoms with E-state index in [1.54, 1.807) is 12.1 Å². The van der Waals surface area contributed by atoms with Gasteiger partial charge in [0.15, 0.2) is 5.58 Å². The van der Waals surface area contributed by atoms with Crippen molar-refractivity contribution >= 4 is 33.5 Å². The molecular formula is C15H22ClN3O4S. The summed E-state index contributed by atoms with van der Waals surface area (Å²) >= 11 is 0. The summed E-state index contributed by atoms with van der Waals surface area (Å²) in [5, 5.41) is 3.14. The molecule has 1 unspecified atom stereocenters. The summed E-state index contributed by atoms with van der Waals surface area (Å²) in [5.74, 6) is -0.467. The number of sulfonamides is 1. The van der Waals surface area contributed by atoms with Crippen molar-refractivity contribution < 1.29 is 12.8 Å². The molecule has 134 valence electrons. The second-order valence-corrected chi connectivity index (χ2v) is 7.67. The van der Waals surface area contributed by atoms with E-state index in [1.165, 1.54) is 14.9 Å². The minimum absolute atomic E-state index is 0. The first-order valence-corrected chi connectivity index (χ1v) is 9.22. The van der Waals surface area contributed by atoms with Crippen molar-refractivity contribution in [2.24, 2.45) is 0 Å². The predicted molar refractivity (Wildman–Crippen MR) is 94.2 cm³/mol. The zero-order chi connectivity index (χ0) is 16.6. The first kappa shape index (κ1) is 19.0. The first-order chi connectivity index (χ1) is 11.0. The molecule has 24 heavy (non-hydrogen) atoms. The molecule has 2 aromatic rings. The van der Waals surface area contributed by atoms with E-state index in [4.69, 9.17) is 4.42 Å². The number of piperidine rings is 1. The average molecular weight is 376 g/mol. The number of rotatable bonds is 4. The standard InChI is InChI=1S/C15H21N3O4S.ClH/c1-3-18-13-7-6-12(9-14(13)22-15(18)19)23(20,21)17-8-4-5-11(10-17)16-2;/h6-7,9,11,16H,3-5,8,10H2,1-2H3;1H. The molecule has 3 rings (SSSR count). The Bertz CT molecular complexity index is 874. The maximum Gasteiger partial charge on any atom is 0.419 e. The van der Waals surface area contributed by atoms with E-state index >= 15 is 0 Å². The molecule has 9 heteroatoms. The number of aromatic nitrogens is 1. The van der Waals surface area contributed by atoms with Gasteiger partial charge in [-0.25, -0.2) is 13.2 Å². The largest absolute Gasteiger partial charge is 0.419 e. The molecule has 1 aliphatic heterocycles. The number of likely N-dealkylation sites (N-methyl/N-ethyl adjacent to an activating group) is 1. The molecule has 2 heterocycles. The number of hydrogen-bond donors (Lipinski definition) is 1. The van der Waals surface area contributed by atoms with Gasteiger partial charge in [-0.15, -0.1) is 12.4 Å². The molecule has 1 aliphatic rings. The molecule has 1 fully saturated rings. The van der Waals surface area contributed by atoms with Gasteiger partial charge in [0, 0.05) is 31.7 Å². The van der Waals surface area contributed by atoms with E-state index in [9.17, 15) is 13.2 Å². The fourth-order valence-corrected chi connectivity index (χ4v) is 4.59. The Balaban J connectivity index is 0.00000208. The highest BCUT2D eigenvalue weighted by atomic mass is 35.5. The molecule has 1 saturated heterocycles. The van der Waals surface area contributed by atoms with Crippen molar-refractivity contribution in [3.8, 4) is 0 Å². The van der Waals surface area contributed by atoms with Crippen molar-refractivity contribution in [1.82, 2.24) is 14.2 Å². The quantitative estimate of drug-likeness (QED) is 0.873. The second kappa shape index (κ2) is 7.26. The van der Waals surface area contributed by atoms with Crippen LogP contribution < -0.4 is 11.1 Å². The smallest absolute Gasteiger partial charge is 0.408 e. The van der Waals surface area contributed by atoms with Crippen molar-refractivity contribution in [1.29, 1.82) is 0 Å². The lowest BCUT2D eigenvalue weighted by atomic mass is 10.1. The first-order valence-electron chi connectivity index (χ1n) is 7.78. The molecule has 0 bridgehead atoms. The summed E-state index contributed by atoms with van der Waals surface area (Å²) < 4.78 is 33.8. The van der Waals surface area contributed by atoms with Gasteiger partial charge < -0.3 is 9.73 Å². The molecule has 1 aromatic heterocycles. The fraction of sp³-hybridized carbons (Fsp3) is 0.533. The van der Waals surface area contributed by atoms with Gasteiger partial charge in [-0.05, 0) is 38.9 Å². The third-order valence-electron chi connectivity index (χ3n) is 4.39. The van der Waals surface area contributed by atoms with Crippen LogP contribution in [-0.4, -0.2) is 43.5 Å². The van der Waals surface area contributed by atoms with E-state index in [1.807, 2.05) is 14.0 Å². The van der Waals surface area contributed by atoms with E-state index < -0.39 is 15.8 Å². The third-order valence-corrected chi connectivity index (χ3v) is 6.25. The van der Waals surface area contributed by atoms with Crippen molar-refractivity contribution in [3.63, 3.8) is 0 Å². The lowest BCUT2D eigenvalue weighted by Crippen LogP contribution is -2.46. The number of nitrogens with zero attached hydrogens (tertiary/aromatic N) is 2. The molecule has 0 amide bonds. The van der Waals surface area contributed by atoms with E-state index in [-0.39, 0.29) is 23.3 Å². The molecule has 0 spiro atoms. The number of halogens is 1. The van der Waals surface area contributed by atoms with Gasteiger partial charge in [-0.3, -0.25) is 4.57 Å². The Hall–Kier alpha value is -1.35. The third kappa shape index (κ3) is 3.23. The molecule has 1 aromatic carbocycles. The second-order valence-electron chi connectivity index (χ2n) is 5.73. The van der Waals surface area contributed by atoms with Crippen LogP contribution >= 0.6 is 12.4 Å². The van der Waals surface area contributed by atoms with Crippen LogP contribution in [0.3, 0.4) is 0 Å². The Labute approximate surface area is 147 Å². The van der Waals surface area contributed by atoms with Gasteiger partial charge in [0.05, 0.1) is 10.4 Å². The number of aryl methyl sites for hydroxylation is 1. The van der Waals surface area contributed by atoms with Crippen molar-refractivity contribution in [2.45, 2.75) is 37.2 Å². The molecule has 1 N–H and O–H groups in total. The number of oxazole rings is 1. The van der Waals surface area contributed by atoms with Gasteiger partial charge >= 0.3 is 5.76 Å². The summed E-state index contributed by atoms with van der Waals surface area (Å²) in [4.78, 5) is 11.9. The van der Waals surface area contributed by atoms with Crippen LogP contribution in [0.25, 0.3) is 11.1 Å². The lowest BCUT2D eigenvalue weighted by molar-refractivity contribution is 0.293. The fourth-order valence-electron chi connectivity index (χ4n) is 3.05. The highest BCUT2D eigenvalue weighted by molar-refractivity contribution is 7.89. The average Bonchev–Trinajstić information content (AvgIpc) is 2.88. The molecule has 0 aliphatic carbocycles. The van der Waals surface area contributed by atoms with Crippen LogP contribution in [0.2, 0.25) is 0 Å². The van der Waals surface area contributed by atoms with Crippen LogP contribution in [0.15, 0.2) is 32.3 Å². The van der Waals surface area contributed by atoms with E-state index in [0.29, 0.717) is 30.7 Å². The molecular weight excluding hydrogens is 354 g/mol. The number of benzene rings is 1. The maximum absolute atomic E-state index is 12.8. The maximum atomic E-state index is 12.8. The van der Waals surface area contributed by atoms with Gasteiger partial charge in [-0.1, -0.05) is 0 Å². The van der Waals surface area contributed by atoms with Crippen LogP contribution in [0.5, 0.6) is 0 Å². The molecule has 0 radical (unpaired) electrons. The minimum Gasteiger partial charge on any atom is -0.408 e. The number of hydrogen-bond acceptors (Lipinski definition) is 5. The summed E-state index contributed by atoms with van der Waals surface area (Å²) in [6.07, 6.45) is 1.80. The zero-order valence-electron chi connectivity index (χ0n) is 13.7. The Morgan fingerprint density at radius 3 is 2.79 bits per heavy atom. The highest BCUT2D eigenvalue weighted by Gasteiger charge is 2.30. The summed E-state index contributed by atoms with van der Waals surface area (Å²) in [6.45, 7) is 3.29. The molecule has 7 nitrogen and oxygen atoms in total. The Morgan fingerprint density at radius 2 is 2.12 bits per heavy atom. The van der Waals surface area contributed by atoms with Gasteiger partial charge in [0.25, 0.3) is 0 Å². The lowest BCUT2D eigenvalue weighted by Gasteiger charge is -2.31. The number of fused-ring (bicyclic) bond motifs is 1. The molecule has 1 atom stereocenters. The van der Waals surface area contributed by atoms with Gasteiger partial charge in [-0.2, -0.15) is 4.31 Å². The topological polar surface area (TPSA) is 84.5 Å². The zero-order valence-corrected chi connectivity index (χ0v) is 15.3. The van der Waals surface area contributed by atoms with Crippen molar-refractivity contribution in [3.05, 3.63) is 28.7 Å². The van der Waals surface area contributed by atoms with Gasteiger partial charge in [0.2, 0.25) is 10.0 Å². The Morgan fingerprint density at radius 1 is 1.38 bits per heavy atom. The van der Waals surface area contributed by atoms with E-state index in [2.05, 4.69) is 5.32 Å². The van der Waals surface area contributed by atoms with Crippen LogP contribution in [0.4, 0.5) is 0 Å². The number of nitrogens with one attached hydrogen (secondary N) is 1. The SMILES string of the molecule is CCn1c(=O)oc2cc(S(=O)(=O)N3CCCC(NC)C3)ccc21.Cl. The summed E-state index contributed by atoms with van der Waals surface area (Å²) in [7, 11) is -1.74. The highest BCUT2D eigenvalue weighted by Crippen LogP contribution is 2.24. The Kier molecular flexibility index (Phi) is 5.74. The summed E-state index contributed by atoms with van der Waals surface area (Å²) in [5.41, 5.74) is 0.920.